The van der Waals surface area contributed by atoms with Crippen LogP contribution in [0.1, 0.15) is 37.7 Å². The zero-order chi connectivity index (χ0) is 25.6. The van der Waals surface area contributed by atoms with Gasteiger partial charge in [0.25, 0.3) is 5.56 Å². The number of aromatic hydroxyl groups is 1. The van der Waals surface area contributed by atoms with E-state index in [9.17, 15) is 15.0 Å². The van der Waals surface area contributed by atoms with E-state index in [0.717, 1.165) is 32.1 Å². The summed E-state index contributed by atoms with van der Waals surface area (Å²) in [6, 6.07) is 16.2. The van der Waals surface area contributed by atoms with Crippen molar-refractivity contribution in [3.8, 4) is 23.1 Å². The fraction of sp³-hybridized carbons (Fsp3) is 0.333. The molecule has 0 radical (unpaired) electrons. The number of benzene rings is 2. The number of aliphatic hydroxyl groups is 1. The minimum absolute atomic E-state index is 0.0112. The van der Waals surface area contributed by atoms with E-state index in [2.05, 4.69) is 4.98 Å². The van der Waals surface area contributed by atoms with E-state index < -0.39 is 35.7 Å². The van der Waals surface area contributed by atoms with Crippen molar-refractivity contribution < 1.29 is 29.2 Å². The molecule has 192 valence electrons. The van der Waals surface area contributed by atoms with Crippen molar-refractivity contribution in [3.05, 3.63) is 81.0 Å². The maximum Gasteiger partial charge on any atom is 0.262 e. The minimum Gasteiger partial charge on any atom is -0.494 e. The summed E-state index contributed by atoms with van der Waals surface area (Å²) in [5.74, 6) is 0.254. The highest BCUT2D eigenvalue weighted by molar-refractivity contribution is 7.71. The van der Waals surface area contributed by atoms with Crippen LogP contribution in [0, 0.1) is 4.77 Å². The molecule has 10 heteroatoms. The number of aromatic nitrogens is 2. The summed E-state index contributed by atoms with van der Waals surface area (Å²) >= 11 is 5.32. The summed E-state index contributed by atoms with van der Waals surface area (Å²) in [5.41, 5.74) is -0.220. The van der Waals surface area contributed by atoms with E-state index in [1.165, 1.54) is 10.6 Å². The quantitative estimate of drug-likeness (QED) is 0.428. The van der Waals surface area contributed by atoms with E-state index in [1.54, 1.807) is 24.3 Å². The zero-order valence-electron chi connectivity index (χ0n) is 19.8. The predicted octanol–water partition coefficient (Wildman–Crippen LogP) is 4.53. The molecule has 2 aliphatic heterocycles. The highest BCUT2D eigenvalue weighted by Gasteiger charge is 2.56. The van der Waals surface area contributed by atoms with Crippen LogP contribution in [0.5, 0.6) is 17.4 Å². The molecule has 3 atom stereocenters. The topological polar surface area (TPSA) is 115 Å². The van der Waals surface area contributed by atoms with Crippen molar-refractivity contribution in [2.75, 3.05) is 0 Å². The largest absolute Gasteiger partial charge is 0.494 e. The maximum absolute atomic E-state index is 12.7. The smallest absolute Gasteiger partial charge is 0.262 e. The number of hydrogen-bond donors (Lipinski definition) is 3. The maximum atomic E-state index is 12.7. The molecular weight excluding hydrogens is 496 g/mol. The van der Waals surface area contributed by atoms with Crippen LogP contribution in [0.15, 0.2) is 65.2 Å². The van der Waals surface area contributed by atoms with Gasteiger partial charge in [-0.1, -0.05) is 24.6 Å². The first-order valence-corrected chi connectivity index (χ1v) is 12.7. The molecule has 1 spiro atoms. The molecule has 2 saturated heterocycles. The number of ether oxygens (including phenoxy) is 4. The highest BCUT2D eigenvalue weighted by atomic mass is 32.1. The van der Waals surface area contributed by atoms with Crippen molar-refractivity contribution in [2.24, 2.45) is 0 Å². The van der Waals surface area contributed by atoms with Crippen molar-refractivity contribution in [1.82, 2.24) is 9.55 Å². The van der Waals surface area contributed by atoms with Crippen LogP contribution in [0.3, 0.4) is 0 Å². The fourth-order valence-corrected chi connectivity index (χ4v) is 5.35. The van der Waals surface area contributed by atoms with Crippen LogP contribution in [0.4, 0.5) is 0 Å². The number of fused-ring (bicyclic) bond motifs is 1. The Bertz CT molecular complexity index is 1440. The fourth-order valence-electron chi connectivity index (χ4n) is 5.06. The van der Waals surface area contributed by atoms with E-state index in [0.29, 0.717) is 17.2 Å². The number of nitrogens with zero attached hydrogens (tertiary/aromatic N) is 1. The lowest BCUT2D eigenvalue weighted by Gasteiger charge is -2.32. The summed E-state index contributed by atoms with van der Waals surface area (Å²) in [6.45, 7) is 0. The average molecular weight is 523 g/mol. The summed E-state index contributed by atoms with van der Waals surface area (Å²) in [6.07, 6.45) is 3.31. The first-order chi connectivity index (χ1) is 17.9. The van der Waals surface area contributed by atoms with Gasteiger partial charge in [0.15, 0.2) is 16.7 Å². The van der Waals surface area contributed by atoms with Crippen molar-refractivity contribution in [2.45, 2.75) is 56.4 Å². The van der Waals surface area contributed by atoms with Gasteiger partial charge in [-0.05, 0) is 67.5 Å². The Kier molecular flexibility index (Phi) is 6.12. The SMILES string of the molecule is O=c1[nH]c(=S)n(-c2ccc(Oc3ccccc3)cc2)c(O)c1C=C1OC2OC3(CCCCC3)OC2[C@H]1O. The second kappa shape index (κ2) is 9.46. The first kappa shape index (κ1) is 23.9. The Labute approximate surface area is 217 Å². The van der Waals surface area contributed by atoms with Crippen LogP contribution in [0.2, 0.25) is 0 Å². The minimum atomic E-state index is -1.14. The molecule has 3 N–H and O–H groups in total. The molecule has 6 rings (SSSR count). The summed E-state index contributed by atoms with van der Waals surface area (Å²) < 4.78 is 25.1. The Morgan fingerprint density at radius 2 is 1.73 bits per heavy atom. The third-order valence-corrected chi connectivity index (χ3v) is 7.19. The molecule has 37 heavy (non-hydrogen) atoms. The van der Waals surface area contributed by atoms with Crippen LogP contribution >= 0.6 is 12.2 Å². The number of aliphatic hydroxyl groups excluding tert-OH is 1. The van der Waals surface area contributed by atoms with E-state index in [4.69, 9.17) is 31.2 Å². The van der Waals surface area contributed by atoms with Crippen LogP contribution in [-0.4, -0.2) is 44.0 Å². The molecule has 3 fully saturated rings. The summed E-state index contributed by atoms with van der Waals surface area (Å²) in [5, 5.41) is 21.9. The lowest BCUT2D eigenvalue weighted by molar-refractivity contribution is -0.226. The Morgan fingerprint density at radius 1 is 1.03 bits per heavy atom. The average Bonchev–Trinajstić information content (AvgIpc) is 3.37. The molecule has 1 saturated carbocycles. The number of H-pyrrole nitrogens is 1. The third kappa shape index (κ3) is 4.46. The zero-order valence-corrected chi connectivity index (χ0v) is 20.6. The number of rotatable bonds is 4. The first-order valence-electron chi connectivity index (χ1n) is 12.3. The second-order valence-corrected chi connectivity index (χ2v) is 9.78. The molecule has 0 bridgehead atoms. The highest BCUT2D eigenvalue weighted by Crippen LogP contribution is 2.46. The van der Waals surface area contributed by atoms with E-state index in [1.807, 2.05) is 30.3 Å². The Balaban J connectivity index is 1.27. The van der Waals surface area contributed by atoms with Crippen molar-refractivity contribution in [3.63, 3.8) is 0 Å². The molecule has 2 unspecified atom stereocenters. The Hall–Kier alpha value is -3.44. The van der Waals surface area contributed by atoms with E-state index in [-0.39, 0.29) is 16.1 Å². The van der Waals surface area contributed by atoms with E-state index >= 15 is 0 Å². The molecule has 9 nitrogen and oxygen atoms in total. The van der Waals surface area contributed by atoms with Crippen LogP contribution in [0.25, 0.3) is 11.8 Å². The van der Waals surface area contributed by atoms with Crippen molar-refractivity contribution in [1.29, 1.82) is 0 Å². The van der Waals surface area contributed by atoms with Gasteiger partial charge in [0, 0.05) is 12.8 Å². The monoisotopic (exact) mass is 522 g/mol. The molecule has 1 aromatic heterocycles. The van der Waals surface area contributed by atoms with Gasteiger partial charge in [-0.15, -0.1) is 0 Å². The Morgan fingerprint density at radius 3 is 2.43 bits per heavy atom. The van der Waals surface area contributed by atoms with Gasteiger partial charge in [-0.3, -0.25) is 14.3 Å². The van der Waals surface area contributed by atoms with Gasteiger partial charge in [-0.25, -0.2) is 0 Å². The number of nitrogens with one attached hydrogen (secondary N) is 1. The lowest BCUT2D eigenvalue weighted by atomic mass is 9.94. The number of aromatic amines is 1. The normalized spacial score (nSPS) is 25.2. The molecule has 2 aromatic carbocycles. The van der Waals surface area contributed by atoms with Gasteiger partial charge in [0.05, 0.1) is 5.69 Å². The molecule has 3 heterocycles. The summed E-state index contributed by atoms with van der Waals surface area (Å²) in [7, 11) is 0. The molecule has 3 aliphatic rings. The standard InChI is InChI=1S/C27H26N2O7S/c30-21-20(34-25-22(21)35-27(36-25)13-5-2-6-14-27)15-19-23(31)28-26(37)29(24(19)32)16-9-11-18(12-10-16)33-17-7-3-1-4-8-17/h1,3-4,7-12,15,21-22,25,30,32H,2,5-6,13-14H2,(H,28,31,37)/t21-,22?,25?/m0/s1. The summed E-state index contributed by atoms with van der Waals surface area (Å²) in [4.78, 5) is 15.3. The lowest BCUT2D eigenvalue weighted by Crippen LogP contribution is -2.36. The molecule has 3 aromatic rings. The van der Waals surface area contributed by atoms with Gasteiger partial charge >= 0.3 is 0 Å². The second-order valence-electron chi connectivity index (χ2n) is 9.39. The van der Waals surface area contributed by atoms with Gasteiger partial charge in [0.1, 0.15) is 28.9 Å². The van der Waals surface area contributed by atoms with Gasteiger partial charge in [-0.2, -0.15) is 0 Å². The molecule has 1 aliphatic carbocycles. The molecule has 0 amide bonds. The van der Waals surface area contributed by atoms with Gasteiger partial charge in [0.2, 0.25) is 12.2 Å². The van der Waals surface area contributed by atoms with Crippen molar-refractivity contribution >= 4 is 18.3 Å². The van der Waals surface area contributed by atoms with Crippen LogP contribution < -0.4 is 10.3 Å². The molecular formula is C27H26N2O7S. The third-order valence-electron chi connectivity index (χ3n) is 6.90. The predicted molar refractivity (Wildman–Crippen MR) is 136 cm³/mol. The van der Waals surface area contributed by atoms with Gasteiger partial charge < -0.3 is 29.2 Å². The number of para-hydroxylation sites is 1. The van der Waals surface area contributed by atoms with Crippen LogP contribution in [-0.2, 0) is 14.2 Å². The number of hydrogen-bond acceptors (Lipinski definition) is 8.